The lowest BCUT2D eigenvalue weighted by molar-refractivity contribution is -0.386. The Morgan fingerprint density at radius 3 is 2.75 bits per heavy atom. The topological polar surface area (TPSA) is 93.9 Å². The SMILES string of the molecule is COc1ccc(OCC2(O)CCNCC2)c([N+](=O)[O-])c1. The fourth-order valence-corrected chi connectivity index (χ4v) is 2.14. The first-order valence-corrected chi connectivity index (χ1v) is 6.42. The minimum atomic E-state index is -0.932. The van der Waals surface area contributed by atoms with Crippen molar-refractivity contribution in [2.75, 3.05) is 26.8 Å². The highest BCUT2D eigenvalue weighted by atomic mass is 16.6. The van der Waals surface area contributed by atoms with Crippen LogP contribution in [-0.2, 0) is 0 Å². The number of benzene rings is 1. The van der Waals surface area contributed by atoms with E-state index in [9.17, 15) is 15.2 Å². The molecule has 2 rings (SSSR count). The molecular weight excluding hydrogens is 264 g/mol. The van der Waals surface area contributed by atoms with Crippen LogP contribution in [0.4, 0.5) is 5.69 Å². The van der Waals surface area contributed by atoms with Gasteiger partial charge in [0, 0.05) is 0 Å². The molecule has 1 aromatic carbocycles. The number of methoxy groups -OCH3 is 1. The molecule has 0 amide bonds. The third-order valence-corrected chi connectivity index (χ3v) is 3.39. The minimum absolute atomic E-state index is 0.0435. The summed E-state index contributed by atoms with van der Waals surface area (Å²) in [7, 11) is 1.44. The Kier molecular flexibility index (Phi) is 4.41. The van der Waals surface area contributed by atoms with Crippen LogP contribution in [0, 0.1) is 10.1 Å². The summed E-state index contributed by atoms with van der Waals surface area (Å²) in [6.07, 6.45) is 1.13. The summed E-state index contributed by atoms with van der Waals surface area (Å²) >= 11 is 0. The van der Waals surface area contributed by atoms with Gasteiger partial charge >= 0.3 is 5.69 Å². The molecule has 0 aromatic heterocycles. The standard InChI is InChI=1S/C13H18N2O5/c1-19-10-2-3-12(11(8-10)15(17)18)20-9-13(16)4-6-14-7-5-13/h2-3,8,14,16H,4-7,9H2,1H3. The van der Waals surface area contributed by atoms with Crippen LogP contribution in [0.3, 0.4) is 0 Å². The highest BCUT2D eigenvalue weighted by Crippen LogP contribution is 2.32. The van der Waals surface area contributed by atoms with E-state index in [0.717, 1.165) is 0 Å². The first-order chi connectivity index (χ1) is 9.54. The highest BCUT2D eigenvalue weighted by Gasteiger charge is 2.31. The molecule has 1 aromatic rings. The van der Waals surface area contributed by atoms with Crippen LogP contribution < -0.4 is 14.8 Å². The third-order valence-electron chi connectivity index (χ3n) is 3.39. The van der Waals surface area contributed by atoms with Gasteiger partial charge in [0.2, 0.25) is 0 Å². The molecule has 0 spiro atoms. The zero-order valence-electron chi connectivity index (χ0n) is 11.3. The lowest BCUT2D eigenvalue weighted by Crippen LogP contribution is -2.46. The Balaban J connectivity index is 2.10. The second-order valence-electron chi connectivity index (χ2n) is 4.85. The number of nitrogens with zero attached hydrogens (tertiary/aromatic N) is 1. The number of nitro groups is 1. The summed E-state index contributed by atoms with van der Waals surface area (Å²) in [6, 6.07) is 4.39. The summed E-state index contributed by atoms with van der Waals surface area (Å²) in [4.78, 5) is 10.5. The highest BCUT2D eigenvalue weighted by molar-refractivity contribution is 5.50. The molecule has 2 N–H and O–H groups in total. The average molecular weight is 282 g/mol. The predicted molar refractivity (Wildman–Crippen MR) is 72.2 cm³/mol. The quantitative estimate of drug-likeness (QED) is 0.620. The molecule has 1 heterocycles. The van der Waals surface area contributed by atoms with Gasteiger partial charge in [0.1, 0.15) is 18.0 Å². The smallest absolute Gasteiger partial charge is 0.314 e. The van der Waals surface area contributed by atoms with E-state index in [1.54, 1.807) is 6.07 Å². The Bertz CT molecular complexity index is 486. The molecule has 0 atom stereocenters. The Morgan fingerprint density at radius 2 is 2.15 bits per heavy atom. The molecule has 7 heteroatoms. The van der Waals surface area contributed by atoms with Gasteiger partial charge in [-0.3, -0.25) is 10.1 Å². The van der Waals surface area contributed by atoms with Crippen LogP contribution in [0.2, 0.25) is 0 Å². The zero-order valence-corrected chi connectivity index (χ0v) is 11.3. The van der Waals surface area contributed by atoms with Crippen LogP contribution in [0.1, 0.15) is 12.8 Å². The fourth-order valence-electron chi connectivity index (χ4n) is 2.14. The molecule has 0 unspecified atom stereocenters. The van der Waals surface area contributed by atoms with Gasteiger partial charge in [0.05, 0.1) is 18.1 Å². The van der Waals surface area contributed by atoms with E-state index >= 15 is 0 Å². The molecule has 7 nitrogen and oxygen atoms in total. The zero-order chi connectivity index (χ0) is 14.6. The summed E-state index contributed by atoms with van der Waals surface area (Å²) in [5, 5.41) is 24.5. The predicted octanol–water partition coefficient (Wildman–Crippen LogP) is 1.10. The lowest BCUT2D eigenvalue weighted by atomic mass is 9.93. The van der Waals surface area contributed by atoms with Gasteiger partial charge in [-0.15, -0.1) is 0 Å². The lowest BCUT2D eigenvalue weighted by Gasteiger charge is -2.32. The number of nitro benzene ring substituents is 1. The summed E-state index contributed by atoms with van der Waals surface area (Å²) in [6.45, 7) is 1.47. The van der Waals surface area contributed by atoms with Crippen molar-refractivity contribution in [3.63, 3.8) is 0 Å². The number of rotatable bonds is 5. The number of ether oxygens (including phenoxy) is 2. The normalized spacial score (nSPS) is 17.5. The van der Waals surface area contributed by atoms with E-state index in [1.165, 1.54) is 19.2 Å². The monoisotopic (exact) mass is 282 g/mol. The van der Waals surface area contributed by atoms with Crippen molar-refractivity contribution < 1.29 is 19.5 Å². The molecule has 0 radical (unpaired) electrons. The van der Waals surface area contributed by atoms with Gasteiger partial charge in [0.15, 0.2) is 5.75 Å². The van der Waals surface area contributed by atoms with Gasteiger partial charge in [-0.1, -0.05) is 0 Å². The van der Waals surface area contributed by atoms with E-state index in [2.05, 4.69) is 5.32 Å². The maximum Gasteiger partial charge on any atom is 0.314 e. The van der Waals surface area contributed by atoms with Crippen molar-refractivity contribution in [2.24, 2.45) is 0 Å². The van der Waals surface area contributed by atoms with E-state index in [0.29, 0.717) is 31.7 Å². The van der Waals surface area contributed by atoms with E-state index in [1.807, 2.05) is 0 Å². The first-order valence-electron chi connectivity index (χ1n) is 6.42. The maximum atomic E-state index is 11.0. The number of aliphatic hydroxyl groups is 1. The van der Waals surface area contributed by atoms with E-state index < -0.39 is 10.5 Å². The third kappa shape index (κ3) is 3.37. The Morgan fingerprint density at radius 1 is 1.45 bits per heavy atom. The fraction of sp³-hybridized carbons (Fsp3) is 0.538. The second-order valence-corrected chi connectivity index (χ2v) is 4.85. The molecule has 110 valence electrons. The van der Waals surface area contributed by atoms with Crippen molar-refractivity contribution >= 4 is 5.69 Å². The number of hydrogen-bond acceptors (Lipinski definition) is 6. The maximum absolute atomic E-state index is 11.0. The molecule has 0 aliphatic carbocycles. The van der Waals surface area contributed by atoms with Gasteiger partial charge in [-0.25, -0.2) is 0 Å². The van der Waals surface area contributed by atoms with Crippen LogP contribution in [-0.4, -0.2) is 42.4 Å². The average Bonchev–Trinajstić information content (AvgIpc) is 2.45. The number of nitrogens with one attached hydrogen (secondary N) is 1. The molecule has 0 saturated carbocycles. The Labute approximate surface area is 116 Å². The van der Waals surface area contributed by atoms with Crippen LogP contribution >= 0.6 is 0 Å². The minimum Gasteiger partial charge on any atom is -0.496 e. The Hall–Kier alpha value is -1.86. The van der Waals surface area contributed by atoms with Gasteiger partial charge in [-0.05, 0) is 38.1 Å². The van der Waals surface area contributed by atoms with Gasteiger partial charge in [0.25, 0.3) is 0 Å². The van der Waals surface area contributed by atoms with Crippen molar-refractivity contribution in [1.29, 1.82) is 0 Å². The van der Waals surface area contributed by atoms with Crippen molar-refractivity contribution in [1.82, 2.24) is 5.32 Å². The van der Waals surface area contributed by atoms with Crippen LogP contribution in [0.25, 0.3) is 0 Å². The van der Waals surface area contributed by atoms with Gasteiger partial charge in [-0.2, -0.15) is 0 Å². The molecule has 20 heavy (non-hydrogen) atoms. The van der Waals surface area contributed by atoms with E-state index in [-0.39, 0.29) is 18.0 Å². The number of hydrogen-bond donors (Lipinski definition) is 2. The molecule has 1 saturated heterocycles. The van der Waals surface area contributed by atoms with Crippen LogP contribution in [0.5, 0.6) is 11.5 Å². The summed E-state index contributed by atoms with van der Waals surface area (Å²) < 4.78 is 10.4. The van der Waals surface area contributed by atoms with Crippen LogP contribution in [0.15, 0.2) is 18.2 Å². The van der Waals surface area contributed by atoms with E-state index in [4.69, 9.17) is 9.47 Å². The number of piperidine rings is 1. The van der Waals surface area contributed by atoms with Crippen molar-refractivity contribution in [3.8, 4) is 11.5 Å². The largest absolute Gasteiger partial charge is 0.496 e. The summed E-state index contributed by atoms with van der Waals surface area (Å²) in [5.74, 6) is 0.535. The molecule has 1 aliphatic rings. The first kappa shape index (κ1) is 14.5. The molecule has 1 fully saturated rings. The second kappa shape index (κ2) is 6.06. The molecule has 1 aliphatic heterocycles. The van der Waals surface area contributed by atoms with Crippen molar-refractivity contribution in [2.45, 2.75) is 18.4 Å². The van der Waals surface area contributed by atoms with Gasteiger partial charge < -0.3 is 19.9 Å². The molecule has 0 bridgehead atoms. The summed E-state index contributed by atoms with van der Waals surface area (Å²) in [5.41, 5.74) is -1.10. The molecular formula is C13H18N2O5. The van der Waals surface area contributed by atoms with Crippen molar-refractivity contribution in [3.05, 3.63) is 28.3 Å².